The SMILES string of the molecule is CC1OC(O)CS1.O=C(O)c1ccccc1. The van der Waals surface area contributed by atoms with E-state index in [4.69, 9.17) is 14.9 Å². The van der Waals surface area contributed by atoms with Crippen molar-refractivity contribution in [1.82, 2.24) is 0 Å². The van der Waals surface area contributed by atoms with E-state index in [1.165, 1.54) is 0 Å². The lowest BCUT2D eigenvalue weighted by Crippen LogP contribution is -2.07. The Morgan fingerprint density at radius 1 is 1.44 bits per heavy atom. The Bertz CT molecular complexity index is 320. The second kappa shape index (κ2) is 6.52. The standard InChI is InChI=1S/C7H6O2.C4H8O2S/c8-7(9)6-4-2-1-3-5-6;1-3-6-4(5)2-7-3/h1-5H,(H,8,9);3-5H,2H2,1H3. The van der Waals surface area contributed by atoms with Crippen LogP contribution in [0.4, 0.5) is 0 Å². The Morgan fingerprint density at radius 3 is 2.31 bits per heavy atom. The molecule has 1 aromatic carbocycles. The van der Waals surface area contributed by atoms with E-state index >= 15 is 0 Å². The van der Waals surface area contributed by atoms with Crippen LogP contribution < -0.4 is 0 Å². The van der Waals surface area contributed by atoms with E-state index in [1.807, 2.05) is 6.92 Å². The van der Waals surface area contributed by atoms with Crippen LogP contribution in [0, 0.1) is 0 Å². The van der Waals surface area contributed by atoms with Crippen molar-refractivity contribution in [2.24, 2.45) is 0 Å². The van der Waals surface area contributed by atoms with Gasteiger partial charge in [0.25, 0.3) is 0 Å². The lowest BCUT2D eigenvalue weighted by molar-refractivity contribution is -0.0752. The minimum atomic E-state index is -0.879. The van der Waals surface area contributed by atoms with Gasteiger partial charge in [-0.3, -0.25) is 0 Å². The zero-order valence-corrected chi connectivity index (χ0v) is 9.68. The first-order valence-corrected chi connectivity index (χ1v) is 5.88. The molecular formula is C11H14O4S. The summed E-state index contributed by atoms with van der Waals surface area (Å²) in [5.41, 5.74) is 0.521. The van der Waals surface area contributed by atoms with Crippen molar-refractivity contribution >= 4 is 17.7 Å². The van der Waals surface area contributed by atoms with Gasteiger partial charge in [-0.1, -0.05) is 18.2 Å². The van der Waals surface area contributed by atoms with Gasteiger partial charge in [-0.05, 0) is 19.1 Å². The zero-order valence-electron chi connectivity index (χ0n) is 8.87. The number of thioether (sulfide) groups is 1. The topological polar surface area (TPSA) is 66.8 Å². The van der Waals surface area contributed by atoms with Crippen molar-refractivity contribution in [3.8, 4) is 0 Å². The molecule has 0 aromatic heterocycles. The third-order valence-corrected chi connectivity index (χ3v) is 2.90. The lowest BCUT2D eigenvalue weighted by atomic mass is 10.2. The van der Waals surface area contributed by atoms with Gasteiger partial charge in [-0.2, -0.15) is 0 Å². The molecule has 1 saturated heterocycles. The quantitative estimate of drug-likeness (QED) is 0.786. The van der Waals surface area contributed by atoms with Crippen LogP contribution in [-0.2, 0) is 4.74 Å². The Labute approximate surface area is 98.2 Å². The number of rotatable bonds is 1. The number of aromatic carboxylic acids is 1. The van der Waals surface area contributed by atoms with E-state index in [1.54, 1.807) is 42.1 Å². The summed E-state index contributed by atoms with van der Waals surface area (Å²) in [4.78, 5) is 10.2. The molecule has 0 saturated carbocycles. The molecule has 1 aliphatic rings. The summed E-state index contributed by atoms with van der Waals surface area (Å²) in [5.74, 6) is -0.156. The van der Waals surface area contributed by atoms with E-state index in [0.29, 0.717) is 5.56 Å². The van der Waals surface area contributed by atoms with Crippen LogP contribution in [0.2, 0.25) is 0 Å². The van der Waals surface area contributed by atoms with Gasteiger partial charge in [0.2, 0.25) is 0 Å². The minimum absolute atomic E-state index is 0.190. The first kappa shape index (κ1) is 13.0. The summed E-state index contributed by atoms with van der Waals surface area (Å²) < 4.78 is 4.88. The predicted molar refractivity (Wildman–Crippen MR) is 62.4 cm³/mol. The summed E-state index contributed by atoms with van der Waals surface area (Å²) in [6, 6.07) is 8.30. The molecule has 88 valence electrons. The van der Waals surface area contributed by atoms with E-state index in [-0.39, 0.29) is 5.44 Å². The first-order valence-electron chi connectivity index (χ1n) is 4.83. The third-order valence-electron chi connectivity index (χ3n) is 1.84. The fraction of sp³-hybridized carbons (Fsp3) is 0.364. The minimum Gasteiger partial charge on any atom is -0.478 e. The summed E-state index contributed by atoms with van der Waals surface area (Å²) in [6.45, 7) is 1.93. The molecule has 0 spiro atoms. The summed E-state index contributed by atoms with van der Waals surface area (Å²) >= 11 is 1.63. The average molecular weight is 242 g/mol. The maximum Gasteiger partial charge on any atom is 0.335 e. The number of benzene rings is 1. The van der Waals surface area contributed by atoms with Gasteiger partial charge < -0.3 is 14.9 Å². The van der Waals surface area contributed by atoms with Gasteiger partial charge in [-0.25, -0.2) is 4.79 Å². The van der Waals surface area contributed by atoms with Gasteiger partial charge in [0.15, 0.2) is 6.29 Å². The van der Waals surface area contributed by atoms with Gasteiger partial charge in [0.05, 0.1) is 5.56 Å². The van der Waals surface area contributed by atoms with Crippen molar-refractivity contribution in [3.63, 3.8) is 0 Å². The fourth-order valence-electron chi connectivity index (χ4n) is 1.10. The van der Waals surface area contributed by atoms with Crippen LogP contribution in [0.1, 0.15) is 17.3 Å². The maximum absolute atomic E-state index is 10.2. The van der Waals surface area contributed by atoms with Crippen LogP contribution in [0.5, 0.6) is 0 Å². The summed E-state index contributed by atoms with van der Waals surface area (Å²) in [7, 11) is 0. The maximum atomic E-state index is 10.2. The van der Waals surface area contributed by atoms with E-state index in [9.17, 15) is 4.79 Å². The molecule has 2 rings (SSSR count). The molecule has 0 bridgehead atoms. The summed E-state index contributed by atoms with van der Waals surface area (Å²) in [6.07, 6.45) is -0.514. The number of aliphatic hydroxyl groups excluding tert-OH is 1. The summed E-state index contributed by atoms with van der Waals surface area (Å²) in [5, 5.41) is 17.0. The molecule has 5 heteroatoms. The number of aliphatic hydroxyl groups is 1. The van der Waals surface area contributed by atoms with Crippen LogP contribution in [-0.4, -0.2) is 33.7 Å². The van der Waals surface area contributed by atoms with Crippen molar-refractivity contribution in [2.45, 2.75) is 18.6 Å². The van der Waals surface area contributed by atoms with Gasteiger partial charge in [-0.15, -0.1) is 11.8 Å². The Kier molecular flexibility index (Phi) is 5.31. The molecule has 16 heavy (non-hydrogen) atoms. The molecule has 1 aromatic rings. The number of carboxylic acids is 1. The van der Waals surface area contributed by atoms with E-state index in [2.05, 4.69) is 0 Å². The fourth-order valence-corrected chi connectivity index (χ4v) is 1.82. The van der Waals surface area contributed by atoms with Gasteiger partial charge >= 0.3 is 5.97 Å². The number of ether oxygens (including phenoxy) is 1. The smallest absolute Gasteiger partial charge is 0.335 e. The van der Waals surface area contributed by atoms with Crippen molar-refractivity contribution in [3.05, 3.63) is 35.9 Å². The molecule has 0 amide bonds. The molecule has 2 unspecified atom stereocenters. The number of carboxylic acid groups (broad SMARTS) is 1. The molecule has 0 aliphatic carbocycles. The molecular weight excluding hydrogens is 228 g/mol. The molecule has 0 radical (unpaired) electrons. The normalized spacial score (nSPS) is 23.4. The third kappa shape index (κ3) is 4.65. The van der Waals surface area contributed by atoms with E-state index < -0.39 is 12.3 Å². The molecule has 1 fully saturated rings. The highest BCUT2D eigenvalue weighted by molar-refractivity contribution is 7.99. The highest BCUT2D eigenvalue weighted by Crippen LogP contribution is 2.22. The molecule has 2 N–H and O–H groups in total. The van der Waals surface area contributed by atoms with Crippen LogP contribution >= 0.6 is 11.8 Å². The highest BCUT2D eigenvalue weighted by Gasteiger charge is 2.18. The monoisotopic (exact) mass is 242 g/mol. The zero-order chi connectivity index (χ0) is 12.0. The Morgan fingerprint density at radius 2 is 2.06 bits per heavy atom. The predicted octanol–water partition coefficient (Wildman–Crippen LogP) is 1.80. The van der Waals surface area contributed by atoms with Crippen molar-refractivity contribution < 1.29 is 19.7 Å². The second-order valence-corrected chi connectivity index (χ2v) is 4.49. The molecule has 2 atom stereocenters. The highest BCUT2D eigenvalue weighted by atomic mass is 32.2. The van der Waals surface area contributed by atoms with E-state index in [0.717, 1.165) is 5.75 Å². The first-order chi connectivity index (χ1) is 7.59. The van der Waals surface area contributed by atoms with Crippen LogP contribution in [0.25, 0.3) is 0 Å². The van der Waals surface area contributed by atoms with Gasteiger partial charge in [0, 0.05) is 5.75 Å². The van der Waals surface area contributed by atoms with Crippen LogP contribution in [0.3, 0.4) is 0 Å². The van der Waals surface area contributed by atoms with Crippen LogP contribution in [0.15, 0.2) is 30.3 Å². The van der Waals surface area contributed by atoms with Crippen molar-refractivity contribution in [1.29, 1.82) is 0 Å². The van der Waals surface area contributed by atoms with Crippen molar-refractivity contribution in [2.75, 3.05) is 5.75 Å². The molecule has 1 heterocycles. The largest absolute Gasteiger partial charge is 0.478 e. The molecule has 4 nitrogen and oxygen atoms in total. The number of carbonyl (C=O) groups is 1. The van der Waals surface area contributed by atoms with Gasteiger partial charge in [0.1, 0.15) is 5.44 Å². The Hall–Kier alpha value is -1.04. The number of hydrogen-bond donors (Lipinski definition) is 2. The number of hydrogen-bond acceptors (Lipinski definition) is 4. The Balaban J connectivity index is 0.000000165. The lowest BCUT2D eigenvalue weighted by Gasteiger charge is -1.98. The average Bonchev–Trinajstić information content (AvgIpc) is 2.65. The second-order valence-electron chi connectivity index (χ2n) is 3.16. The molecule has 1 aliphatic heterocycles.